The van der Waals surface area contributed by atoms with Gasteiger partial charge in [0, 0.05) is 0 Å². The first kappa shape index (κ1) is 16.5. The highest BCUT2D eigenvalue weighted by Gasteiger charge is 2.15. The summed E-state index contributed by atoms with van der Waals surface area (Å²) in [5, 5.41) is 0. The van der Waals surface area contributed by atoms with Crippen LogP contribution in [0, 0.1) is 5.82 Å². The molecular weight excluding hydrogens is 371 g/mol. The Bertz CT molecular complexity index is 791. The summed E-state index contributed by atoms with van der Waals surface area (Å²) in [5.74, 6) is -0.175. The second-order valence-electron chi connectivity index (χ2n) is 5.24. The predicted octanol–water partition coefficient (Wildman–Crippen LogP) is 5.75. The third-order valence-corrected chi connectivity index (χ3v) is 4.10. The summed E-state index contributed by atoms with van der Waals surface area (Å²) in [7, 11) is 0. The van der Waals surface area contributed by atoms with Gasteiger partial charge in [0.1, 0.15) is 13.2 Å². The fourth-order valence-corrected chi connectivity index (χ4v) is 2.64. The molecule has 0 radical (unpaired) electrons. The summed E-state index contributed by atoms with van der Waals surface area (Å²) in [5.41, 5.74) is 1.95. The van der Waals surface area contributed by atoms with Gasteiger partial charge in [0.15, 0.2) is 11.5 Å². The minimum absolute atomic E-state index is 0.157. The van der Waals surface area contributed by atoms with E-state index in [0.29, 0.717) is 17.7 Å². The molecule has 3 aromatic carbocycles. The van der Waals surface area contributed by atoms with Gasteiger partial charge in [-0.25, -0.2) is 0 Å². The summed E-state index contributed by atoms with van der Waals surface area (Å²) < 4.78 is 26.5. The van der Waals surface area contributed by atoms with Crippen molar-refractivity contribution in [2.75, 3.05) is 0 Å². The smallest absolute Gasteiger partial charge is 0.208 e. The third-order valence-electron chi connectivity index (χ3n) is 3.48. The van der Waals surface area contributed by atoms with Crippen molar-refractivity contribution in [2.45, 2.75) is 13.2 Å². The van der Waals surface area contributed by atoms with Crippen LogP contribution < -0.4 is 9.47 Å². The van der Waals surface area contributed by atoms with Gasteiger partial charge in [-0.3, -0.25) is 0 Å². The molecule has 0 unspecified atom stereocenters. The van der Waals surface area contributed by atoms with E-state index in [1.165, 1.54) is 0 Å². The van der Waals surface area contributed by atoms with E-state index in [1.807, 2.05) is 60.7 Å². The summed E-state index contributed by atoms with van der Waals surface area (Å²) in [4.78, 5) is 0. The lowest BCUT2D eigenvalue weighted by atomic mass is 10.2. The van der Waals surface area contributed by atoms with Gasteiger partial charge in [0.2, 0.25) is 5.82 Å². The van der Waals surface area contributed by atoms with E-state index in [2.05, 4.69) is 15.9 Å². The Kier molecular flexibility index (Phi) is 5.49. The zero-order valence-electron chi connectivity index (χ0n) is 12.9. The highest BCUT2D eigenvalue weighted by molar-refractivity contribution is 9.10. The first-order chi connectivity index (χ1) is 11.7. The zero-order chi connectivity index (χ0) is 16.8. The highest BCUT2D eigenvalue weighted by Crippen LogP contribution is 2.35. The molecule has 0 amide bonds. The predicted molar refractivity (Wildman–Crippen MR) is 95.6 cm³/mol. The number of hydrogen-bond donors (Lipinski definition) is 0. The van der Waals surface area contributed by atoms with Crippen LogP contribution in [0.1, 0.15) is 11.1 Å². The van der Waals surface area contributed by atoms with Gasteiger partial charge in [0.05, 0.1) is 4.47 Å². The van der Waals surface area contributed by atoms with Gasteiger partial charge in [-0.1, -0.05) is 60.7 Å². The van der Waals surface area contributed by atoms with E-state index in [0.717, 1.165) is 11.1 Å². The minimum Gasteiger partial charge on any atom is -0.486 e. The van der Waals surface area contributed by atoms with Crippen LogP contribution in [0.25, 0.3) is 0 Å². The van der Waals surface area contributed by atoms with Crippen molar-refractivity contribution in [3.05, 3.63) is 94.2 Å². The molecule has 0 saturated carbocycles. The second-order valence-corrected chi connectivity index (χ2v) is 6.09. The molecule has 24 heavy (non-hydrogen) atoms. The Labute approximate surface area is 149 Å². The van der Waals surface area contributed by atoms with E-state index in [1.54, 1.807) is 12.1 Å². The Balaban J connectivity index is 1.72. The van der Waals surface area contributed by atoms with Gasteiger partial charge in [-0.2, -0.15) is 4.39 Å². The molecular formula is C20H16BrFO2. The fourth-order valence-electron chi connectivity index (χ4n) is 2.22. The lowest BCUT2D eigenvalue weighted by molar-refractivity contribution is 0.261. The molecule has 0 atom stereocenters. The van der Waals surface area contributed by atoms with E-state index in [4.69, 9.17) is 9.47 Å². The standard InChI is InChI=1S/C20H16BrFO2/c21-17-11-12-18(23-13-15-7-3-1-4-8-15)19(22)20(17)24-14-16-9-5-2-6-10-16/h1-12H,13-14H2. The molecule has 0 N–H and O–H groups in total. The fraction of sp³-hybridized carbons (Fsp3) is 0.100. The largest absolute Gasteiger partial charge is 0.486 e. The monoisotopic (exact) mass is 386 g/mol. The first-order valence-corrected chi connectivity index (χ1v) is 8.35. The van der Waals surface area contributed by atoms with Crippen LogP contribution in [0.4, 0.5) is 4.39 Å². The van der Waals surface area contributed by atoms with Crippen LogP contribution >= 0.6 is 15.9 Å². The van der Waals surface area contributed by atoms with Gasteiger partial charge in [-0.15, -0.1) is 0 Å². The SMILES string of the molecule is Fc1c(OCc2ccccc2)ccc(Br)c1OCc1ccccc1. The van der Waals surface area contributed by atoms with Gasteiger partial charge >= 0.3 is 0 Å². The number of hydrogen-bond acceptors (Lipinski definition) is 2. The minimum atomic E-state index is -0.503. The average molecular weight is 387 g/mol. The Morgan fingerprint density at radius 2 is 1.25 bits per heavy atom. The van der Waals surface area contributed by atoms with Crippen LogP contribution in [-0.4, -0.2) is 0 Å². The van der Waals surface area contributed by atoms with Gasteiger partial charge in [-0.05, 0) is 39.2 Å². The van der Waals surface area contributed by atoms with Gasteiger partial charge < -0.3 is 9.47 Å². The summed E-state index contributed by atoms with van der Waals surface area (Å²) >= 11 is 3.33. The highest BCUT2D eigenvalue weighted by atomic mass is 79.9. The van der Waals surface area contributed by atoms with E-state index < -0.39 is 5.82 Å². The van der Waals surface area contributed by atoms with Crippen molar-refractivity contribution >= 4 is 15.9 Å². The zero-order valence-corrected chi connectivity index (χ0v) is 14.5. The third kappa shape index (κ3) is 4.15. The quantitative estimate of drug-likeness (QED) is 0.537. The van der Waals surface area contributed by atoms with Crippen molar-refractivity contribution in [1.82, 2.24) is 0 Å². The number of benzene rings is 3. The Morgan fingerprint density at radius 3 is 1.83 bits per heavy atom. The second kappa shape index (κ2) is 7.97. The molecule has 0 saturated heterocycles. The van der Waals surface area contributed by atoms with Gasteiger partial charge in [0.25, 0.3) is 0 Å². The maximum absolute atomic E-state index is 14.7. The summed E-state index contributed by atoms with van der Waals surface area (Å²) in [6.07, 6.45) is 0. The van der Waals surface area contributed by atoms with Crippen LogP contribution in [0.5, 0.6) is 11.5 Å². The molecule has 0 aliphatic rings. The van der Waals surface area contributed by atoms with Crippen LogP contribution in [0.2, 0.25) is 0 Å². The molecule has 3 rings (SSSR count). The van der Waals surface area contributed by atoms with Crippen molar-refractivity contribution in [1.29, 1.82) is 0 Å². The molecule has 0 aliphatic carbocycles. The molecule has 122 valence electrons. The molecule has 0 aliphatic heterocycles. The summed E-state index contributed by atoms with van der Waals surface area (Å²) in [6, 6.07) is 22.6. The molecule has 2 nitrogen and oxygen atoms in total. The lowest BCUT2D eigenvalue weighted by Gasteiger charge is -2.13. The molecule has 0 fully saturated rings. The number of halogens is 2. The van der Waals surface area contributed by atoms with E-state index in [9.17, 15) is 4.39 Å². The maximum Gasteiger partial charge on any atom is 0.208 e. The number of rotatable bonds is 6. The Hall–Kier alpha value is -2.33. The van der Waals surface area contributed by atoms with Crippen molar-refractivity contribution in [3.8, 4) is 11.5 Å². The molecule has 0 bridgehead atoms. The molecule has 0 spiro atoms. The molecule has 4 heteroatoms. The van der Waals surface area contributed by atoms with Crippen LogP contribution in [-0.2, 0) is 13.2 Å². The molecule has 3 aromatic rings. The topological polar surface area (TPSA) is 18.5 Å². The summed E-state index contributed by atoms with van der Waals surface area (Å²) in [6.45, 7) is 0.593. The first-order valence-electron chi connectivity index (χ1n) is 7.55. The van der Waals surface area contributed by atoms with Crippen LogP contribution in [0.15, 0.2) is 77.3 Å². The maximum atomic E-state index is 14.7. The molecule has 0 aromatic heterocycles. The average Bonchev–Trinajstić information content (AvgIpc) is 2.63. The van der Waals surface area contributed by atoms with E-state index in [-0.39, 0.29) is 11.5 Å². The van der Waals surface area contributed by atoms with Crippen molar-refractivity contribution in [3.63, 3.8) is 0 Å². The normalized spacial score (nSPS) is 10.4. The molecule has 0 heterocycles. The van der Waals surface area contributed by atoms with E-state index >= 15 is 0 Å². The Morgan fingerprint density at radius 1 is 0.708 bits per heavy atom. The lowest BCUT2D eigenvalue weighted by Crippen LogP contribution is -2.02. The number of ether oxygens (including phenoxy) is 2. The van der Waals surface area contributed by atoms with Crippen molar-refractivity contribution in [2.24, 2.45) is 0 Å². The van der Waals surface area contributed by atoms with Crippen molar-refractivity contribution < 1.29 is 13.9 Å². The van der Waals surface area contributed by atoms with Crippen LogP contribution in [0.3, 0.4) is 0 Å².